The van der Waals surface area contributed by atoms with Crippen LogP contribution in [0.3, 0.4) is 0 Å². The molecule has 16 heavy (non-hydrogen) atoms. The average molecular weight is 219 g/mol. The highest BCUT2D eigenvalue weighted by Crippen LogP contribution is 2.09. The molecule has 84 valence electrons. The molecule has 0 saturated heterocycles. The number of nitrogens with zero attached hydrogens (tertiary/aromatic N) is 1. The van der Waals surface area contributed by atoms with E-state index in [1.54, 1.807) is 18.3 Å². The summed E-state index contributed by atoms with van der Waals surface area (Å²) in [5, 5.41) is 2.93. The van der Waals surface area contributed by atoms with Crippen LogP contribution in [0.25, 0.3) is 0 Å². The molecule has 0 amide bonds. The van der Waals surface area contributed by atoms with E-state index in [1.807, 2.05) is 13.1 Å². The second-order valence-electron chi connectivity index (χ2n) is 3.64. The molecule has 0 atom stereocenters. The lowest BCUT2D eigenvalue weighted by Crippen LogP contribution is -1.93. The van der Waals surface area contributed by atoms with E-state index in [0.29, 0.717) is 0 Å². The van der Waals surface area contributed by atoms with E-state index < -0.39 is 0 Å². The summed E-state index contributed by atoms with van der Waals surface area (Å²) in [6, 6.07) is 6.68. The van der Waals surface area contributed by atoms with Gasteiger partial charge < -0.3 is 10.3 Å². The van der Waals surface area contributed by atoms with Crippen LogP contribution in [0.1, 0.15) is 11.3 Å². The molecule has 4 heteroatoms. The largest absolute Gasteiger partial charge is 0.359 e. The van der Waals surface area contributed by atoms with Crippen LogP contribution in [-0.2, 0) is 12.8 Å². The number of nitrogens with one attached hydrogen (secondary N) is 2. The Kier molecular flexibility index (Phi) is 3.19. The summed E-state index contributed by atoms with van der Waals surface area (Å²) in [5.74, 6) is 0.576. The van der Waals surface area contributed by atoms with Crippen molar-refractivity contribution in [2.24, 2.45) is 0 Å². The molecule has 0 aliphatic rings. The smallest absolute Gasteiger partial charge is 0.200 e. The van der Waals surface area contributed by atoms with E-state index >= 15 is 0 Å². The third kappa shape index (κ3) is 2.59. The van der Waals surface area contributed by atoms with Crippen LogP contribution < -0.4 is 5.32 Å². The fourth-order valence-electron chi connectivity index (χ4n) is 1.58. The van der Waals surface area contributed by atoms with Crippen molar-refractivity contribution in [1.29, 1.82) is 0 Å². The molecule has 0 aliphatic heterocycles. The summed E-state index contributed by atoms with van der Waals surface area (Å²) in [7, 11) is 1.81. The van der Waals surface area contributed by atoms with Gasteiger partial charge in [0.2, 0.25) is 0 Å². The lowest BCUT2D eigenvalue weighted by atomic mass is 10.1. The zero-order valence-electron chi connectivity index (χ0n) is 9.13. The Morgan fingerprint density at radius 1 is 1.38 bits per heavy atom. The molecule has 1 heterocycles. The summed E-state index contributed by atoms with van der Waals surface area (Å²) in [6.07, 6.45) is 3.44. The van der Waals surface area contributed by atoms with E-state index in [9.17, 15) is 4.39 Å². The minimum Gasteiger partial charge on any atom is -0.359 e. The molecule has 2 N–H and O–H groups in total. The topological polar surface area (TPSA) is 40.7 Å². The second-order valence-corrected chi connectivity index (χ2v) is 3.64. The van der Waals surface area contributed by atoms with Gasteiger partial charge in [-0.05, 0) is 30.5 Å². The Balaban J connectivity index is 1.96. The first-order valence-electron chi connectivity index (χ1n) is 5.24. The van der Waals surface area contributed by atoms with Gasteiger partial charge in [-0.15, -0.1) is 0 Å². The second kappa shape index (κ2) is 4.79. The number of hydrogen-bond donors (Lipinski definition) is 2. The van der Waals surface area contributed by atoms with Crippen LogP contribution in [0, 0.1) is 5.82 Å². The van der Waals surface area contributed by atoms with Gasteiger partial charge in [0.15, 0.2) is 5.95 Å². The van der Waals surface area contributed by atoms with E-state index in [4.69, 9.17) is 0 Å². The Hall–Kier alpha value is -1.84. The van der Waals surface area contributed by atoms with E-state index in [2.05, 4.69) is 15.3 Å². The molecule has 0 spiro atoms. The van der Waals surface area contributed by atoms with Crippen molar-refractivity contribution < 1.29 is 4.39 Å². The van der Waals surface area contributed by atoms with Gasteiger partial charge in [-0.1, -0.05) is 12.1 Å². The number of halogens is 1. The van der Waals surface area contributed by atoms with Gasteiger partial charge >= 0.3 is 0 Å². The van der Waals surface area contributed by atoms with Gasteiger partial charge in [-0.2, -0.15) is 0 Å². The molecule has 0 radical (unpaired) electrons. The van der Waals surface area contributed by atoms with Gasteiger partial charge in [0.25, 0.3) is 0 Å². The molecule has 0 unspecified atom stereocenters. The molecule has 2 aromatic rings. The van der Waals surface area contributed by atoms with Gasteiger partial charge in [0.1, 0.15) is 5.82 Å². The predicted octanol–water partition coefficient (Wildman–Crippen LogP) is 2.38. The number of anilines is 1. The molecular weight excluding hydrogens is 205 g/mol. The molecule has 0 saturated carbocycles. The first kappa shape index (κ1) is 10.7. The molecule has 1 aromatic heterocycles. The van der Waals surface area contributed by atoms with Crippen molar-refractivity contribution >= 4 is 5.95 Å². The number of aromatic nitrogens is 2. The summed E-state index contributed by atoms with van der Waals surface area (Å²) in [4.78, 5) is 7.26. The fourth-order valence-corrected chi connectivity index (χ4v) is 1.58. The van der Waals surface area contributed by atoms with Crippen LogP contribution >= 0.6 is 0 Å². The number of hydrogen-bond acceptors (Lipinski definition) is 2. The number of H-pyrrole nitrogens is 1. The maximum absolute atomic E-state index is 12.9. The highest BCUT2D eigenvalue weighted by atomic mass is 19.1. The molecule has 2 rings (SSSR count). The fraction of sp³-hybridized carbons (Fsp3) is 0.250. The van der Waals surface area contributed by atoms with Crippen LogP contribution in [-0.4, -0.2) is 17.0 Å². The normalized spacial score (nSPS) is 10.4. The van der Waals surface area contributed by atoms with Gasteiger partial charge in [-0.3, -0.25) is 0 Å². The van der Waals surface area contributed by atoms with E-state index in [0.717, 1.165) is 30.0 Å². The van der Waals surface area contributed by atoms with Gasteiger partial charge in [0.05, 0.1) is 6.20 Å². The molecular formula is C12H14FN3. The van der Waals surface area contributed by atoms with Crippen molar-refractivity contribution in [3.63, 3.8) is 0 Å². The maximum atomic E-state index is 12.9. The van der Waals surface area contributed by atoms with Gasteiger partial charge in [0, 0.05) is 12.7 Å². The van der Waals surface area contributed by atoms with E-state index in [1.165, 1.54) is 6.07 Å². The van der Waals surface area contributed by atoms with Crippen LogP contribution in [0.4, 0.5) is 10.3 Å². The minimum absolute atomic E-state index is 0.182. The Bertz CT molecular complexity index is 465. The first-order valence-corrected chi connectivity index (χ1v) is 5.24. The van der Waals surface area contributed by atoms with Crippen molar-refractivity contribution in [3.8, 4) is 0 Å². The molecule has 0 bridgehead atoms. The first-order chi connectivity index (χ1) is 7.78. The zero-order chi connectivity index (χ0) is 11.4. The highest BCUT2D eigenvalue weighted by Gasteiger charge is 2.00. The minimum atomic E-state index is -0.182. The standard InChI is InChI=1S/C12H14FN3/c1-14-12-15-8-11(16-12)6-5-9-3-2-4-10(13)7-9/h2-4,7-8H,5-6H2,1H3,(H2,14,15,16). The Morgan fingerprint density at radius 3 is 2.94 bits per heavy atom. The van der Waals surface area contributed by atoms with Crippen LogP contribution in [0.2, 0.25) is 0 Å². The number of benzene rings is 1. The summed E-state index contributed by atoms with van der Waals surface area (Å²) in [6.45, 7) is 0. The number of aryl methyl sites for hydroxylation is 2. The summed E-state index contributed by atoms with van der Waals surface area (Å²) >= 11 is 0. The molecule has 1 aromatic carbocycles. The monoisotopic (exact) mass is 219 g/mol. The predicted molar refractivity (Wildman–Crippen MR) is 61.9 cm³/mol. The van der Waals surface area contributed by atoms with Crippen molar-refractivity contribution in [2.75, 3.05) is 12.4 Å². The van der Waals surface area contributed by atoms with Gasteiger partial charge in [-0.25, -0.2) is 9.37 Å². The third-order valence-corrected chi connectivity index (χ3v) is 2.44. The Labute approximate surface area is 93.7 Å². The van der Waals surface area contributed by atoms with Crippen LogP contribution in [0.15, 0.2) is 30.5 Å². The number of rotatable bonds is 4. The maximum Gasteiger partial charge on any atom is 0.200 e. The van der Waals surface area contributed by atoms with Crippen molar-refractivity contribution in [3.05, 3.63) is 47.5 Å². The SMILES string of the molecule is CNc1ncc(CCc2cccc(F)c2)[nH]1. The number of imidazole rings is 1. The quantitative estimate of drug-likeness (QED) is 0.828. The van der Waals surface area contributed by atoms with Crippen LogP contribution in [0.5, 0.6) is 0 Å². The average Bonchev–Trinajstić information content (AvgIpc) is 2.74. The highest BCUT2D eigenvalue weighted by molar-refractivity contribution is 5.25. The molecule has 0 fully saturated rings. The van der Waals surface area contributed by atoms with Crippen molar-refractivity contribution in [1.82, 2.24) is 9.97 Å². The third-order valence-electron chi connectivity index (χ3n) is 2.44. The lowest BCUT2D eigenvalue weighted by Gasteiger charge is -1.99. The molecule has 0 aliphatic carbocycles. The van der Waals surface area contributed by atoms with E-state index in [-0.39, 0.29) is 5.82 Å². The number of aromatic amines is 1. The zero-order valence-corrected chi connectivity index (χ0v) is 9.13. The molecule has 3 nitrogen and oxygen atoms in total. The Morgan fingerprint density at radius 2 is 2.25 bits per heavy atom. The van der Waals surface area contributed by atoms with Crippen molar-refractivity contribution in [2.45, 2.75) is 12.8 Å². The lowest BCUT2D eigenvalue weighted by molar-refractivity contribution is 0.625. The summed E-state index contributed by atoms with van der Waals surface area (Å²) in [5.41, 5.74) is 2.05. The summed E-state index contributed by atoms with van der Waals surface area (Å²) < 4.78 is 12.9.